The molecule has 144 valence electrons. The van der Waals surface area contributed by atoms with E-state index in [4.69, 9.17) is 9.15 Å². The van der Waals surface area contributed by atoms with E-state index in [1.54, 1.807) is 0 Å². The zero-order valence-corrected chi connectivity index (χ0v) is 15.9. The van der Waals surface area contributed by atoms with E-state index in [1.165, 1.54) is 6.39 Å². The summed E-state index contributed by atoms with van der Waals surface area (Å²) >= 11 is 0. The number of rotatable bonds is 5. The van der Waals surface area contributed by atoms with Gasteiger partial charge in [-0.15, -0.1) is 10.2 Å². The number of hydrogen-bond acceptors (Lipinski definition) is 7. The number of nitrogens with one attached hydrogen (secondary N) is 1. The summed E-state index contributed by atoms with van der Waals surface area (Å²) in [6.45, 7) is 0.856. The van der Waals surface area contributed by atoms with Crippen LogP contribution in [0.25, 0.3) is 11.5 Å². The molecule has 0 bridgehead atoms. The van der Waals surface area contributed by atoms with Crippen LogP contribution in [0.5, 0.6) is 0 Å². The van der Waals surface area contributed by atoms with Crippen LogP contribution in [0.15, 0.2) is 76.5 Å². The van der Waals surface area contributed by atoms with E-state index in [0.717, 1.165) is 16.7 Å². The highest BCUT2D eigenvalue weighted by molar-refractivity contribution is 7.50. The van der Waals surface area contributed by atoms with Crippen LogP contribution in [-0.4, -0.2) is 33.1 Å². The largest absolute Gasteiger partial charge is 0.494 e. The van der Waals surface area contributed by atoms with Crippen molar-refractivity contribution in [3.05, 3.63) is 83.2 Å². The van der Waals surface area contributed by atoms with Gasteiger partial charge in [-0.05, 0) is 23.3 Å². The first-order valence-corrected chi connectivity index (χ1v) is 10.1. The molecule has 3 aromatic rings. The van der Waals surface area contributed by atoms with E-state index >= 15 is 0 Å². The second kappa shape index (κ2) is 8.63. The molecule has 7 nitrogen and oxygen atoms in total. The highest BCUT2D eigenvalue weighted by Crippen LogP contribution is 2.41. The lowest BCUT2D eigenvalue weighted by Crippen LogP contribution is -2.34. The van der Waals surface area contributed by atoms with Crippen molar-refractivity contribution in [2.24, 2.45) is 0 Å². The number of ether oxygens (including phenoxy) is 1. The molecular weight excluding hydrogens is 377 g/mol. The van der Waals surface area contributed by atoms with Gasteiger partial charge in [-0.3, -0.25) is 0 Å². The highest BCUT2D eigenvalue weighted by atomic mass is 31.2. The molecule has 0 aliphatic carbocycles. The van der Waals surface area contributed by atoms with Gasteiger partial charge in [0.15, 0.2) is 8.38 Å². The average molecular weight is 397 g/mol. The van der Waals surface area contributed by atoms with Crippen molar-refractivity contribution in [2.45, 2.75) is 12.5 Å². The number of hydrogen-bond donors (Lipinski definition) is 3. The molecule has 0 amide bonds. The van der Waals surface area contributed by atoms with Gasteiger partial charge in [-0.2, -0.15) is 0 Å². The standard InChI is InChI=1S/C20H20N3O4P/c24-28(25)19(10-14-4-2-1-3-5-14)18-11-21-17(12-26-18)15-6-8-16(9-7-15)20-23-22-13-27-20/h1-9,13,17,21,24-25H,10-12H2/t17-/m0/s1. The topological polar surface area (TPSA) is 101 Å². The SMILES string of the molecule is OP(O)C(Cc1ccccc1)=C1CN[C@H](c2ccc(-c3nnco3)cc2)CO1. The molecule has 0 spiro atoms. The monoisotopic (exact) mass is 397 g/mol. The first kappa shape index (κ1) is 18.8. The lowest BCUT2D eigenvalue weighted by atomic mass is 10.0. The number of benzene rings is 2. The number of aromatic nitrogens is 2. The molecule has 1 aromatic heterocycles. The maximum atomic E-state index is 9.86. The van der Waals surface area contributed by atoms with Crippen molar-refractivity contribution in [2.75, 3.05) is 13.2 Å². The van der Waals surface area contributed by atoms with Crippen LogP contribution >= 0.6 is 8.38 Å². The van der Waals surface area contributed by atoms with Crippen molar-refractivity contribution in [1.29, 1.82) is 0 Å². The molecule has 1 aliphatic rings. The molecule has 4 rings (SSSR count). The van der Waals surface area contributed by atoms with Gasteiger partial charge in [0.2, 0.25) is 12.3 Å². The summed E-state index contributed by atoms with van der Waals surface area (Å²) in [5.41, 5.74) is 2.94. The van der Waals surface area contributed by atoms with Gasteiger partial charge in [0.05, 0.1) is 17.9 Å². The number of morpholine rings is 1. The van der Waals surface area contributed by atoms with E-state index in [1.807, 2.05) is 54.6 Å². The fourth-order valence-corrected chi connectivity index (χ4v) is 3.83. The molecule has 1 fully saturated rings. The zero-order chi connectivity index (χ0) is 19.3. The summed E-state index contributed by atoms with van der Waals surface area (Å²) in [6.07, 6.45) is 1.76. The third-order valence-electron chi connectivity index (χ3n) is 4.63. The minimum Gasteiger partial charge on any atom is -0.494 e. The predicted molar refractivity (Wildman–Crippen MR) is 105 cm³/mol. The summed E-state index contributed by atoms with van der Waals surface area (Å²) in [7, 11) is -2.21. The molecule has 1 aliphatic heterocycles. The first-order valence-electron chi connectivity index (χ1n) is 8.87. The van der Waals surface area contributed by atoms with Crippen molar-refractivity contribution >= 4 is 8.38 Å². The Balaban J connectivity index is 1.44. The maximum Gasteiger partial charge on any atom is 0.247 e. The van der Waals surface area contributed by atoms with Crippen molar-refractivity contribution in [3.8, 4) is 11.5 Å². The smallest absolute Gasteiger partial charge is 0.247 e. The van der Waals surface area contributed by atoms with Gasteiger partial charge >= 0.3 is 0 Å². The lowest BCUT2D eigenvalue weighted by Gasteiger charge is -2.29. The fraction of sp³-hybridized carbons (Fsp3) is 0.200. The molecule has 0 saturated carbocycles. The predicted octanol–water partition coefficient (Wildman–Crippen LogP) is 3.15. The molecule has 1 atom stereocenters. The Hall–Kier alpha value is -2.57. The fourth-order valence-electron chi connectivity index (χ4n) is 3.14. The summed E-state index contributed by atoms with van der Waals surface area (Å²) in [5, 5.41) is 11.5. The van der Waals surface area contributed by atoms with Crippen LogP contribution in [0.4, 0.5) is 0 Å². The van der Waals surface area contributed by atoms with Gasteiger partial charge in [0.1, 0.15) is 12.4 Å². The van der Waals surface area contributed by atoms with Crippen LogP contribution in [0.3, 0.4) is 0 Å². The molecule has 8 heteroatoms. The van der Waals surface area contributed by atoms with Crippen molar-refractivity contribution in [3.63, 3.8) is 0 Å². The number of allylic oxidation sites excluding steroid dienone is 1. The zero-order valence-electron chi connectivity index (χ0n) is 15.0. The minimum absolute atomic E-state index is 0.0158. The van der Waals surface area contributed by atoms with Gasteiger partial charge in [0, 0.05) is 12.0 Å². The van der Waals surface area contributed by atoms with Crippen LogP contribution in [-0.2, 0) is 11.2 Å². The highest BCUT2D eigenvalue weighted by Gasteiger charge is 2.24. The van der Waals surface area contributed by atoms with E-state index < -0.39 is 8.38 Å². The van der Waals surface area contributed by atoms with Gasteiger partial charge in [0.25, 0.3) is 0 Å². The molecule has 0 unspecified atom stereocenters. The van der Waals surface area contributed by atoms with Crippen LogP contribution < -0.4 is 5.32 Å². The quantitative estimate of drug-likeness (QED) is 0.569. The molecule has 1 saturated heterocycles. The first-order chi connectivity index (χ1) is 13.7. The molecule has 3 N–H and O–H groups in total. The summed E-state index contributed by atoms with van der Waals surface area (Å²) in [5.74, 6) is 1.09. The Morgan fingerprint density at radius 2 is 1.89 bits per heavy atom. The van der Waals surface area contributed by atoms with Crippen LogP contribution in [0, 0.1) is 0 Å². The molecule has 2 aromatic carbocycles. The van der Waals surface area contributed by atoms with E-state index in [2.05, 4.69) is 15.5 Å². The average Bonchev–Trinajstić information content (AvgIpc) is 3.28. The molecule has 0 radical (unpaired) electrons. The van der Waals surface area contributed by atoms with Gasteiger partial charge < -0.3 is 24.3 Å². The molecule has 2 heterocycles. The van der Waals surface area contributed by atoms with Crippen LogP contribution in [0.2, 0.25) is 0 Å². The second-order valence-corrected chi connectivity index (χ2v) is 7.55. The Morgan fingerprint density at radius 3 is 2.50 bits per heavy atom. The Bertz CT molecular complexity index is 918. The maximum absolute atomic E-state index is 9.86. The number of nitrogens with zero attached hydrogens (tertiary/aromatic N) is 2. The Kier molecular flexibility index (Phi) is 5.78. The minimum atomic E-state index is -2.21. The summed E-state index contributed by atoms with van der Waals surface area (Å²) in [6, 6.07) is 17.6. The summed E-state index contributed by atoms with van der Waals surface area (Å²) in [4.78, 5) is 19.7. The van der Waals surface area contributed by atoms with E-state index in [-0.39, 0.29) is 6.04 Å². The van der Waals surface area contributed by atoms with Gasteiger partial charge in [-0.1, -0.05) is 42.5 Å². The Morgan fingerprint density at radius 1 is 1.11 bits per heavy atom. The summed E-state index contributed by atoms with van der Waals surface area (Å²) < 4.78 is 11.1. The van der Waals surface area contributed by atoms with E-state index in [9.17, 15) is 9.79 Å². The van der Waals surface area contributed by atoms with E-state index in [0.29, 0.717) is 36.5 Å². The second-order valence-electron chi connectivity index (χ2n) is 6.43. The van der Waals surface area contributed by atoms with Crippen molar-refractivity contribution in [1.82, 2.24) is 15.5 Å². The molecular formula is C20H20N3O4P. The molecule has 28 heavy (non-hydrogen) atoms. The Labute approximate surface area is 163 Å². The third-order valence-corrected chi connectivity index (χ3v) is 5.52. The van der Waals surface area contributed by atoms with Crippen molar-refractivity contribution < 1.29 is 18.9 Å². The van der Waals surface area contributed by atoms with Gasteiger partial charge in [-0.25, -0.2) is 0 Å². The normalized spacial score (nSPS) is 18.8. The van der Waals surface area contributed by atoms with Crippen LogP contribution in [0.1, 0.15) is 17.2 Å². The third kappa shape index (κ3) is 4.29. The lowest BCUT2D eigenvalue weighted by molar-refractivity contribution is 0.137.